The van der Waals surface area contributed by atoms with Crippen LogP contribution in [0.1, 0.15) is 17.3 Å². The van der Waals surface area contributed by atoms with Crippen molar-refractivity contribution in [3.8, 4) is 5.75 Å². The van der Waals surface area contributed by atoms with Crippen molar-refractivity contribution in [2.75, 3.05) is 18.6 Å². The Morgan fingerprint density at radius 1 is 1.35 bits per heavy atom. The number of ketones is 2. The maximum atomic E-state index is 11.7. The van der Waals surface area contributed by atoms with Gasteiger partial charge in [0.2, 0.25) is 0 Å². The molecule has 0 atom stereocenters. The monoisotopic (exact) mass is 233 g/mol. The fourth-order valence-corrected chi connectivity index (χ4v) is 1.78. The van der Waals surface area contributed by atoms with Crippen LogP contribution >= 0.6 is 0 Å². The summed E-state index contributed by atoms with van der Waals surface area (Å²) in [6.07, 6.45) is 0. The molecule has 0 saturated carbocycles. The summed E-state index contributed by atoms with van der Waals surface area (Å²) in [4.78, 5) is 35.6. The van der Waals surface area contributed by atoms with Crippen molar-refractivity contribution in [3.63, 3.8) is 0 Å². The molecule has 0 unspecified atom stereocenters. The van der Waals surface area contributed by atoms with Crippen molar-refractivity contribution in [2.45, 2.75) is 6.92 Å². The van der Waals surface area contributed by atoms with Crippen LogP contribution in [0.5, 0.6) is 5.75 Å². The lowest BCUT2D eigenvalue weighted by molar-refractivity contribution is -0.119. The molecule has 1 aromatic rings. The highest BCUT2D eigenvalue weighted by molar-refractivity contribution is 6.52. The van der Waals surface area contributed by atoms with E-state index in [-0.39, 0.29) is 12.3 Å². The minimum atomic E-state index is -0.663. The lowest BCUT2D eigenvalue weighted by atomic mass is 10.1. The van der Waals surface area contributed by atoms with Gasteiger partial charge in [-0.15, -0.1) is 0 Å². The molecule has 1 aromatic carbocycles. The fraction of sp³-hybridized carbons (Fsp3) is 0.250. The first-order valence-corrected chi connectivity index (χ1v) is 5.08. The van der Waals surface area contributed by atoms with Gasteiger partial charge < -0.3 is 4.74 Å². The predicted molar refractivity (Wildman–Crippen MR) is 60.4 cm³/mol. The molecular formula is C12H11NO4. The Morgan fingerprint density at radius 2 is 2.06 bits per heavy atom. The fourth-order valence-electron chi connectivity index (χ4n) is 1.78. The van der Waals surface area contributed by atoms with E-state index in [2.05, 4.69) is 0 Å². The molecule has 1 aliphatic heterocycles. The van der Waals surface area contributed by atoms with E-state index in [1.807, 2.05) is 0 Å². The second-order valence-electron chi connectivity index (χ2n) is 3.81. The van der Waals surface area contributed by atoms with E-state index in [0.717, 1.165) is 0 Å². The number of amides is 1. The molecule has 2 rings (SSSR count). The molecule has 88 valence electrons. The molecule has 5 nitrogen and oxygen atoms in total. The first-order valence-electron chi connectivity index (χ1n) is 5.08. The lowest BCUT2D eigenvalue weighted by Crippen LogP contribution is -2.33. The standard InChI is InChI=1S/C12H11NO4/c1-7(14)6-13-10-5-8(17-2)3-4-9(10)11(15)12(13)16/h3-5H,6H2,1-2H3. The Bertz CT molecular complexity index is 521. The van der Waals surface area contributed by atoms with Gasteiger partial charge in [-0.05, 0) is 19.1 Å². The average molecular weight is 233 g/mol. The summed E-state index contributed by atoms with van der Waals surface area (Å²) >= 11 is 0. The van der Waals surface area contributed by atoms with Gasteiger partial charge in [0.15, 0.2) is 0 Å². The number of Topliss-reactive ketones (excluding diaryl/α,β-unsaturated/α-hetero) is 2. The zero-order chi connectivity index (χ0) is 12.6. The molecule has 0 radical (unpaired) electrons. The van der Waals surface area contributed by atoms with Crippen molar-refractivity contribution in [1.82, 2.24) is 0 Å². The van der Waals surface area contributed by atoms with Gasteiger partial charge in [0, 0.05) is 6.07 Å². The Labute approximate surface area is 98.0 Å². The molecule has 0 N–H and O–H groups in total. The number of carbonyl (C=O) groups is 3. The molecule has 1 amide bonds. The van der Waals surface area contributed by atoms with Crippen LogP contribution in [-0.4, -0.2) is 31.1 Å². The summed E-state index contributed by atoms with van der Waals surface area (Å²) in [5.74, 6) is -0.881. The van der Waals surface area contributed by atoms with Crippen LogP contribution in [0, 0.1) is 0 Å². The third-order valence-corrected chi connectivity index (χ3v) is 2.56. The first-order chi connectivity index (χ1) is 8.04. The van der Waals surface area contributed by atoms with E-state index in [1.165, 1.54) is 25.0 Å². The number of hydrogen-bond donors (Lipinski definition) is 0. The van der Waals surface area contributed by atoms with Crippen LogP contribution in [0.25, 0.3) is 0 Å². The molecule has 0 spiro atoms. The smallest absolute Gasteiger partial charge is 0.299 e. The Morgan fingerprint density at radius 3 is 2.65 bits per heavy atom. The SMILES string of the molecule is COc1ccc2c(c1)N(CC(C)=O)C(=O)C2=O. The van der Waals surface area contributed by atoms with E-state index < -0.39 is 11.7 Å². The molecule has 0 aliphatic carbocycles. The van der Waals surface area contributed by atoms with Gasteiger partial charge in [0.1, 0.15) is 11.5 Å². The van der Waals surface area contributed by atoms with Crippen LogP contribution in [0.4, 0.5) is 5.69 Å². The highest BCUT2D eigenvalue weighted by atomic mass is 16.5. The van der Waals surface area contributed by atoms with Gasteiger partial charge in [-0.2, -0.15) is 0 Å². The number of methoxy groups -OCH3 is 1. The van der Waals surface area contributed by atoms with Gasteiger partial charge in [0.25, 0.3) is 11.7 Å². The summed E-state index contributed by atoms with van der Waals surface area (Å²) in [7, 11) is 1.50. The third-order valence-electron chi connectivity index (χ3n) is 2.56. The van der Waals surface area contributed by atoms with E-state index in [4.69, 9.17) is 4.74 Å². The second kappa shape index (κ2) is 4.01. The molecule has 1 aliphatic rings. The molecule has 5 heteroatoms. The Kier molecular flexibility index (Phi) is 2.67. The summed E-state index contributed by atoms with van der Waals surface area (Å²) in [5.41, 5.74) is 0.756. The van der Waals surface area contributed by atoms with Gasteiger partial charge >= 0.3 is 0 Å². The number of ether oxygens (including phenoxy) is 1. The van der Waals surface area contributed by atoms with E-state index in [1.54, 1.807) is 12.1 Å². The maximum Gasteiger partial charge on any atom is 0.299 e. The van der Waals surface area contributed by atoms with Gasteiger partial charge in [-0.3, -0.25) is 19.3 Å². The maximum absolute atomic E-state index is 11.7. The average Bonchev–Trinajstić information content (AvgIpc) is 2.53. The minimum Gasteiger partial charge on any atom is -0.497 e. The van der Waals surface area contributed by atoms with Crippen molar-refractivity contribution < 1.29 is 19.1 Å². The molecule has 0 aromatic heterocycles. The van der Waals surface area contributed by atoms with E-state index >= 15 is 0 Å². The van der Waals surface area contributed by atoms with Gasteiger partial charge in [0.05, 0.1) is 24.9 Å². The quantitative estimate of drug-likeness (QED) is 0.725. The van der Waals surface area contributed by atoms with Crippen molar-refractivity contribution in [1.29, 1.82) is 0 Å². The van der Waals surface area contributed by atoms with Crippen LogP contribution in [0.15, 0.2) is 18.2 Å². The minimum absolute atomic E-state index is 0.0925. The predicted octanol–water partition coefficient (Wildman–Crippen LogP) is 0.814. The van der Waals surface area contributed by atoms with Crippen molar-refractivity contribution >= 4 is 23.2 Å². The molecule has 17 heavy (non-hydrogen) atoms. The summed E-state index contributed by atoms with van der Waals surface area (Å²) < 4.78 is 5.03. The zero-order valence-electron chi connectivity index (χ0n) is 9.52. The first kappa shape index (κ1) is 11.3. The number of rotatable bonds is 3. The van der Waals surface area contributed by atoms with Gasteiger partial charge in [-0.1, -0.05) is 0 Å². The highest BCUT2D eigenvalue weighted by Crippen LogP contribution is 2.32. The van der Waals surface area contributed by atoms with Crippen LogP contribution in [0.2, 0.25) is 0 Å². The number of anilines is 1. The molecule has 1 heterocycles. The number of nitrogens with zero attached hydrogens (tertiary/aromatic N) is 1. The Hall–Kier alpha value is -2.17. The van der Waals surface area contributed by atoms with Crippen molar-refractivity contribution in [2.24, 2.45) is 0 Å². The summed E-state index contributed by atoms with van der Waals surface area (Å²) in [5, 5.41) is 0. The third kappa shape index (κ3) is 1.80. The second-order valence-corrected chi connectivity index (χ2v) is 3.81. The van der Waals surface area contributed by atoms with E-state index in [9.17, 15) is 14.4 Å². The Balaban J connectivity index is 2.49. The number of carbonyl (C=O) groups excluding carboxylic acids is 3. The molecular weight excluding hydrogens is 222 g/mol. The van der Waals surface area contributed by atoms with Crippen LogP contribution in [0.3, 0.4) is 0 Å². The molecule has 0 fully saturated rings. The number of hydrogen-bond acceptors (Lipinski definition) is 4. The highest BCUT2D eigenvalue weighted by Gasteiger charge is 2.36. The molecule has 0 saturated heterocycles. The van der Waals surface area contributed by atoms with Crippen LogP contribution in [-0.2, 0) is 9.59 Å². The summed E-state index contributed by atoms with van der Waals surface area (Å²) in [6.45, 7) is 1.28. The lowest BCUT2D eigenvalue weighted by Gasteiger charge is -2.14. The largest absolute Gasteiger partial charge is 0.497 e. The van der Waals surface area contributed by atoms with E-state index in [0.29, 0.717) is 17.0 Å². The van der Waals surface area contributed by atoms with Gasteiger partial charge in [-0.25, -0.2) is 0 Å². The molecule has 0 bridgehead atoms. The van der Waals surface area contributed by atoms with Crippen molar-refractivity contribution in [3.05, 3.63) is 23.8 Å². The zero-order valence-corrected chi connectivity index (χ0v) is 9.52. The normalized spacial score (nSPS) is 13.9. The number of fused-ring (bicyclic) bond motifs is 1. The topological polar surface area (TPSA) is 63.7 Å². The number of benzene rings is 1. The summed E-state index contributed by atoms with van der Waals surface area (Å²) in [6, 6.07) is 4.73. The van der Waals surface area contributed by atoms with Crippen LogP contribution < -0.4 is 9.64 Å².